The van der Waals surface area contributed by atoms with Gasteiger partial charge in [0, 0.05) is 17.4 Å². The maximum Gasteiger partial charge on any atom is 0.148 e. The third kappa shape index (κ3) is 4.23. The van der Waals surface area contributed by atoms with Gasteiger partial charge in [0.05, 0.1) is 12.5 Å². The summed E-state index contributed by atoms with van der Waals surface area (Å²) in [5.41, 5.74) is 5.98. The SMILES string of the molecule is CC(C)N(P(c1ccco1)c1ccco1)P1C(c2ccccc2)CC[C@@H]1c1ccccc1. The Hall–Kier alpha value is -2.18. The molecule has 3 atom stereocenters. The fourth-order valence-corrected chi connectivity index (χ4v) is 12.0. The molecule has 3 nitrogen and oxygen atoms in total. The molecular formula is C27H29NO2P2. The summed E-state index contributed by atoms with van der Waals surface area (Å²) in [6.07, 6.45) is 5.99. The zero-order chi connectivity index (χ0) is 21.9. The number of nitrogens with zero attached hydrogens (tertiary/aromatic N) is 1. The number of hydrogen-bond donors (Lipinski definition) is 0. The fraction of sp³-hybridized carbons (Fsp3) is 0.259. The number of rotatable bonds is 7. The van der Waals surface area contributed by atoms with E-state index in [1.165, 1.54) is 24.0 Å². The molecule has 0 spiro atoms. The summed E-state index contributed by atoms with van der Waals surface area (Å²) >= 11 is 0. The lowest BCUT2D eigenvalue weighted by Crippen LogP contribution is -2.30. The van der Waals surface area contributed by atoms with Gasteiger partial charge >= 0.3 is 0 Å². The van der Waals surface area contributed by atoms with E-state index in [1.807, 2.05) is 12.1 Å². The van der Waals surface area contributed by atoms with Crippen molar-refractivity contribution in [1.82, 2.24) is 4.44 Å². The summed E-state index contributed by atoms with van der Waals surface area (Å²) in [5, 5.41) is 0. The maximum atomic E-state index is 6.03. The standard InChI is InChI=1S/C27H29NO2P2/c1-21(2)28(32(26-15-9-19-29-26)27-16-10-20-30-27)31-24(22-11-5-3-6-12-22)17-18-25(31)23-13-7-4-8-14-23/h3-16,19-21,24-25H,17-18H2,1-2H3/t24-,25?,31?/m1/s1. The molecule has 0 radical (unpaired) electrons. The molecule has 0 saturated carbocycles. The van der Waals surface area contributed by atoms with Crippen molar-refractivity contribution in [3.63, 3.8) is 0 Å². The molecule has 0 N–H and O–H groups in total. The maximum absolute atomic E-state index is 6.03. The third-order valence-corrected chi connectivity index (χ3v) is 12.8. The zero-order valence-electron chi connectivity index (χ0n) is 18.5. The Balaban J connectivity index is 1.65. The number of benzene rings is 2. The summed E-state index contributed by atoms with van der Waals surface area (Å²) in [6.45, 7) is 4.65. The Bertz CT molecular complexity index is 1000. The van der Waals surface area contributed by atoms with Crippen molar-refractivity contribution in [2.45, 2.75) is 44.0 Å². The predicted molar refractivity (Wildman–Crippen MR) is 135 cm³/mol. The van der Waals surface area contributed by atoms with Crippen LogP contribution >= 0.6 is 16.1 Å². The van der Waals surface area contributed by atoms with Crippen molar-refractivity contribution in [2.75, 3.05) is 0 Å². The highest BCUT2D eigenvalue weighted by Gasteiger charge is 2.46. The van der Waals surface area contributed by atoms with Crippen molar-refractivity contribution < 1.29 is 8.83 Å². The minimum absolute atomic E-state index is 0.359. The van der Waals surface area contributed by atoms with Gasteiger partial charge in [-0.2, -0.15) is 0 Å². The van der Waals surface area contributed by atoms with Gasteiger partial charge in [0.1, 0.15) is 19.1 Å². The van der Waals surface area contributed by atoms with Crippen LogP contribution in [0.2, 0.25) is 0 Å². The number of hydrogen-bond acceptors (Lipinski definition) is 3. The van der Waals surface area contributed by atoms with Crippen LogP contribution in [0.15, 0.2) is 106 Å². The lowest BCUT2D eigenvalue weighted by molar-refractivity contribution is 0.543. The topological polar surface area (TPSA) is 29.5 Å². The summed E-state index contributed by atoms with van der Waals surface area (Å²) in [5.74, 6) is 0. The molecule has 1 saturated heterocycles. The van der Waals surface area contributed by atoms with E-state index in [0.29, 0.717) is 17.4 Å². The minimum Gasteiger partial charge on any atom is -0.463 e. The first-order valence-electron chi connectivity index (χ1n) is 11.3. The van der Waals surface area contributed by atoms with E-state index < -0.39 is 16.1 Å². The molecule has 32 heavy (non-hydrogen) atoms. The first-order valence-corrected chi connectivity index (χ1v) is 14.0. The average Bonchev–Trinajstić information content (AvgIpc) is 3.60. The van der Waals surface area contributed by atoms with Crippen LogP contribution in [0.1, 0.15) is 49.1 Å². The van der Waals surface area contributed by atoms with Crippen LogP contribution in [0.5, 0.6) is 0 Å². The molecule has 1 aliphatic heterocycles. The van der Waals surface area contributed by atoms with E-state index in [-0.39, 0.29) is 0 Å². The van der Waals surface area contributed by atoms with E-state index in [0.717, 1.165) is 11.0 Å². The third-order valence-electron chi connectivity index (χ3n) is 6.05. The summed E-state index contributed by atoms with van der Waals surface area (Å²) in [4.78, 5) is 0. The lowest BCUT2D eigenvalue weighted by atomic mass is 10.0. The van der Waals surface area contributed by atoms with Crippen LogP contribution in [0.4, 0.5) is 0 Å². The first kappa shape index (κ1) is 21.7. The van der Waals surface area contributed by atoms with E-state index >= 15 is 0 Å². The fourth-order valence-electron chi connectivity index (χ4n) is 4.76. The molecule has 1 aliphatic rings. The predicted octanol–water partition coefficient (Wildman–Crippen LogP) is 7.60. The number of furan rings is 2. The molecule has 5 heteroatoms. The summed E-state index contributed by atoms with van der Waals surface area (Å²) in [7, 11) is -1.43. The highest BCUT2D eigenvalue weighted by molar-refractivity contribution is 7.79. The molecule has 0 bridgehead atoms. The molecule has 0 amide bonds. The van der Waals surface area contributed by atoms with Crippen LogP contribution in [0, 0.1) is 0 Å². The lowest BCUT2D eigenvalue weighted by Gasteiger charge is -2.43. The van der Waals surface area contributed by atoms with E-state index in [9.17, 15) is 0 Å². The molecule has 2 aromatic carbocycles. The Morgan fingerprint density at radius 2 is 1.19 bits per heavy atom. The highest BCUT2D eigenvalue weighted by Crippen LogP contribution is 2.76. The van der Waals surface area contributed by atoms with Gasteiger partial charge in [0.25, 0.3) is 0 Å². The molecule has 4 aromatic rings. The van der Waals surface area contributed by atoms with Gasteiger partial charge in [-0.05, 0) is 70.2 Å². The minimum atomic E-state index is -0.896. The molecular weight excluding hydrogens is 432 g/mol. The molecule has 164 valence electrons. The second-order valence-electron chi connectivity index (χ2n) is 8.44. The van der Waals surface area contributed by atoms with Crippen LogP contribution in [0.3, 0.4) is 0 Å². The van der Waals surface area contributed by atoms with E-state index in [2.05, 4.69) is 91.1 Å². The molecule has 0 aliphatic carbocycles. The molecule has 3 heterocycles. The molecule has 2 aromatic heterocycles. The summed E-state index contributed by atoms with van der Waals surface area (Å²) < 4.78 is 14.8. The van der Waals surface area contributed by atoms with Gasteiger partial charge in [0.15, 0.2) is 0 Å². The van der Waals surface area contributed by atoms with Crippen LogP contribution in [-0.2, 0) is 0 Å². The van der Waals surface area contributed by atoms with Gasteiger partial charge in [0.2, 0.25) is 0 Å². The average molecular weight is 461 g/mol. The van der Waals surface area contributed by atoms with Gasteiger partial charge < -0.3 is 8.83 Å². The molecule has 2 unspecified atom stereocenters. The molecule has 1 fully saturated rings. The Labute approximate surface area is 193 Å². The van der Waals surface area contributed by atoms with Gasteiger partial charge in [-0.15, -0.1) is 0 Å². The van der Waals surface area contributed by atoms with Crippen molar-refractivity contribution in [3.05, 3.63) is 109 Å². The Kier molecular flexibility index (Phi) is 6.60. The van der Waals surface area contributed by atoms with Crippen molar-refractivity contribution in [3.8, 4) is 0 Å². The second-order valence-corrected chi connectivity index (χ2v) is 13.1. The first-order chi connectivity index (χ1) is 15.7. The monoisotopic (exact) mass is 461 g/mol. The smallest absolute Gasteiger partial charge is 0.148 e. The zero-order valence-corrected chi connectivity index (χ0v) is 20.3. The van der Waals surface area contributed by atoms with Gasteiger partial charge in [-0.1, -0.05) is 60.7 Å². The quantitative estimate of drug-likeness (QED) is 0.265. The van der Waals surface area contributed by atoms with Gasteiger partial charge in [-0.25, -0.2) is 4.44 Å². The van der Waals surface area contributed by atoms with Crippen molar-refractivity contribution in [1.29, 1.82) is 0 Å². The largest absolute Gasteiger partial charge is 0.463 e. The van der Waals surface area contributed by atoms with Crippen LogP contribution in [-0.4, -0.2) is 10.5 Å². The van der Waals surface area contributed by atoms with Gasteiger partial charge in [-0.3, -0.25) is 0 Å². The van der Waals surface area contributed by atoms with Crippen LogP contribution in [0.25, 0.3) is 0 Å². The van der Waals surface area contributed by atoms with Crippen LogP contribution < -0.4 is 11.0 Å². The van der Waals surface area contributed by atoms with E-state index in [4.69, 9.17) is 8.83 Å². The Morgan fingerprint density at radius 3 is 1.56 bits per heavy atom. The highest BCUT2D eigenvalue weighted by atomic mass is 31.2. The second kappa shape index (κ2) is 9.75. The van der Waals surface area contributed by atoms with Crippen molar-refractivity contribution >= 4 is 27.1 Å². The Morgan fingerprint density at radius 1 is 0.719 bits per heavy atom. The van der Waals surface area contributed by atoms with E-state index in [1.54, 1.807) is 12.5 Å². The molecule has 5 rings (SSSR count). The van der Waals surface area contributed by atoms with Crippen molar-refractivity contribution in [2.24, 2.45) is 0 Å². The summed E-state index contributed by atoms with van der Waals surface area (Å²) in [6, 6.07) is 30.8. The normalized spacial score (nSPS) is 21.1.